The summed E-state index contributed by atoms with van der Waals surface area (Å²) in [4.78, 5) is 7.23. The van der Waals surface area contributed by atoms with Crippen molar-refractivity contribution in [2.45, 2.75) is 12.8 Å². The Balaban J connectivity index is 2.44. The van der Waals surface area contributed by atoms with Crippen LogP contribution in [-0.4, -0.2) is 22.5 Å². The minimum Gasteiger partial charge on any atom is -0.471 e. The summed E-state index contributed by atoms with van der Waals surface area (Å²) in [6.45, 7) is 0.123. The molecule has 12 heavy (non-hydrogen) atoms. The van der Waals surface area contributed by atoms with Crippen LogP contribution in [0.4, 0.5) is 8.78 Å². The monoisotopic (exact) mass is 174 g/mol. The molecule has 0 fully saturated rings. The quantitative estimate of drug-likeness (QED) is 0.696. The minimum atomic E-state index is -2.83. The Kier molecular flexibility index (Phi) is 2.52. The van der Waals surface area contributed by atoms with Gasteiger partial charge in [-0.25, -0.2) is 18.7 Å². The second-order valence-electron chi connectivity index (χ2n) is 2.41. The lowest BCUT2D eigenvalue weighted by atomic mass is 10.4. The molecule has 1 rings (SSSR count). The Labute approximate surface area is 68.4 Å². The van der Waals surface area contributed by atoms with E-state index >= 15 is 0 Å². The largest absolute Gasteiger partial charge is 0.471 e. The Morgan fingerprint density at radius 1 is 1.58 bits per heavy atom. The van der Waals surface area contributed by atoms with Crippen molar-refractivity contribution in [3.05, 3.63) is 18.6 Å². The van der Waals surface area contributed by atoms with E-state index in [1.54, 1.807) is 0 Å². The third kappa shape index (κ3) is 3.23. The first kappa shape index (κ1) is 8.83. The van der Waals surface area contributed by atoms with Gasteiger partial charge in [-0.15, -0.1) is 0 Å². The molecule has 0 radical (unpaired) electrons. The summed E-state index contributed by atoms with van der Waals surface area (Å²) in [5.74, 6) is -2.67. The number of nitrogens with zero attached hydrogens (tertiary/aromatic N) is 2. The van der Waals surface area contributed by atoms with E-state index in [4.69, 9.17) is 0 Å². The van der Waals surface area contributed by atoms with Gasteiger partial charge in [0.05, 0.1) is 0 Å². The first-order valence-electron chi connectivity index (χ1n) is 3.34. The zero-order chi connectivity index (χ0) is 9.03. The molecule has 66 valence electrons. The molecule has 1 aromatic heterocycles. The van der Waals surface area contributed by atoms with Crippen molar-refractivity contribution < 1.29 is 13.5 Å². The van der Waals surface area contributed by atoms with Crippen LogP contribution in [0.2, 0.25) is 0 Å². The van der Waals surface area contributed by atoms with Crippen molar-refractivity contribution in [3.63, 3.8) is 0 Å². The fourth-order valence-corrected chi connectivity index (χ4v) is 0.565. The third-order valence-corrected chi connectivity index (χ3v) is 1.03. The van der Waals surface area contributed by atoms with Crippen LogP contribution in [0.25, 0.3) is 0 Å². The molecular formula is C7H8F2N2O. The fraction of sp³-hybridized carbons (Fsp3) is 0.429. The molecule has 0 amide bonds. The lowest BCUT2D eigenvalue weighted by Crippen LogP contribution is -2.21. The molecule has 0 aliphatic heterocycles. The molecule has 0 aromatic carbocycles. The lowest BCUT2D eigenvalue weighted by molar-refractivity contribution is -0.0242. The number of ether oxygens (including phenoxy) is 1. The Morgan fingerprint density at radius 3 is 2.83 bits per heavy atom. The average Bonchev–Trinajstić information content (AvgIpc) is 2.02. The van der Waals surface area contributed by atoms with E-state index in [1.807, 2.05) is 0 Å². The van der Waals surface area contributed by atoms with Gasteiger partial charge in [0.25, 0.3) is 5.92 Å². The van der Waals surface area contributed by atoms with Crippen LogP contribution in [0.1, 0.15) is 6.92 Å². The maximum Gasteiger partial charge on any atom is 0.278 e. The van der Waals surface area contributed by atoms with Crippen LogP contribution >= 0.6 is 0 Å². The summed E-state index contributed by atoms with van der Waals surface area (Å²) in [5.41, 5.74) is 0. The predicted molar refractivity (Wildman–Crippen MR) is 38.1 cm³/mol. The van der Waals surface area contributed by atoms with Crippen molar-refractivity contribution in [1.82, 2.24) is 9.97 Å². The maximum atomic E-state index is 12.2. The van der Waals surface area contributed by atoms with Gasteiger partial charge in [-0.2, -0.15) is 0 Å². The first-order valence-corrected chi connectivity index (χ1v) is 3.34. The van der Waals surface area contributed by atoms with Gasteiger partial charge in [-0.05, 0) is 0 Å². The van der Waals surface area contributed by atoms with Gasteiger partial charge >= 0.3 is 0 Å². The lowest BCUT2D eigenvalue weighted by Gasteiger charge is -2.10. The smallest absolute Gasteiger partial charge is 0.278 e. The Hall–Kier alpha value is -1.26. The highest BCUT2D eigenvalue weighted by Gasteiger charge is 2.22. The summed E-state index contributed by atoms with van der Waals surface area (Å²) in [6, 6.07) is 1.42. The Bertz CT molecular complexity index is 235. The van der Waals surface area contributed by atoms with E-state index in [2.05, 4.69) is 14.7 Å². The molecule has 0 saturated carbocycles. The topological polar surface area (TPSA) is 35.0 Å². The summed E-state index contributed by atoms with van der Waals surface area (Å²) < 4.78 is 29.1. The number of alkyl halides is 2. The van der Waals surface area contributed by atoms with E-state index in [9.17, 15) is 8.78 Å². The number of hydrogen-bond donors (Lipinski definition) is 0. The SMILES string of the molecule is CC(F)(F)COc1ccncn1. The molecule has 0 atom stereocenters. The van der Waals surface area contributed by atoms with Gasteiger partial charge in [0.1, 0.15) is 6.33 Å². The van der Waals surface area contributed by atoms with Crippen molar-refractivity contribution in [3.8, 4) is 5.88 Å². The summed E-state index contributed by atoms with van der Waals surface area (Å²) in [7, 11) is 0. The van der Waals surface area contributed by atoms with E-state index < -0.39 is 12.5 Å². The second-order valence-corrected chi connectivity index (χ2v) is 2.41. The number of halogens is 2. The zero-order valence-electron chi connectivity index (χ0n) is 6.50. The molecule has 0 aliphatic carbocycles. The van der Waals surface area contributed by atoms with Crippen molar-refractivity contribution in [2.75, 3.05) is 6.61 Å². The van der Waals surface area contributed by atoms with Crippen LogP contribution in [0.3, 0.4) is 0 Å². The fourth-order valence-electron chi connectivity index (χ4n) is 0.565. The summed E-state index contributed by atoms with van der Waals surface area (Å²) in [5, 5.41) is 0. The molecule has 1 aromatic rings. The standard InChI is InChI=1S/C7H8F2N2O/c1-7(8,9)4-12-6-2-3-10-5-11-6/h2-3,5H,4H2,1H3. The van der Waals surface area contributed by atoms with Crippen LogP contribution < -0.4 is 4.74 Å². The summed E-state index contributed by atoms with van der Waals surface area (Å²) in [6.07, 6.45) is 2.67. The number of hydrogen-bond acceptors (Lipinski definition) is 3. The minimum absolute atomic E-state index is 0.159. The molecular weight excluding hydrogens is 166 g/mol. The normalized spacial score (nSPS) is 11.2. The molecule has 0 spiro atoms. The highest BCUT2D eigenvalue weighted by atomic mass is 19.3. The van der Waals surface area contributed by atoms with Crippen molar-refractivity contribution in [2.24, 2.45) is 0 Å². The summed E-state index contributed by atoms with van der Waals surface area (Å²) >= 11 is 0. The number of aromatic nitrogens is 2. The van der Waals surface area contributed by atoms with Gasteiger partial charge in [0.15, 0.2) is 6.61 Å². The molecule has 0 unspecified atom stereocenters. The van der Waals surface area contributed by atoms with Crippen molar-refractivity contribution in [1.29, 1.82) is 0 Å². The molecule has 0 saturated heterocycles. The van der Waals surface area contributed by atoms with Gasteiger partial charge < -0.3 is 4.74 Å². The maximum absolute atomic E-state index is 12.2. The molecule has 0 bridgehead atoms. The van der Waals surface area contributed by atoms with Crippen LogP contribution in [0.15, 0.2) is 18.6 Å². The average molecular weight is 174 g/mol. The van der Waals surface area contributed by atoms with Crippen LogP contribution in [0, 0.1) is 0 Å². The molecule has 5 heteroatoms. The van der Waals surface area contributed by atoms with Crippen LogP contribution in [-0.2, 0) is 0 Å². The van der Waals surface area contributed by atoms with E-state index in [0.29, 0.717) is 0 Å². The first-order chi connectivity index (χ1) is 5.58. The van der Waals surface area contributed by atoms with Gasteiger partial charge in [0, 0.05) is 19.2 Å². The third-order valence-electron chi connectivity index (χ3n) is 1.03. The second kappa shape index (κ2) is 3.42. The van der Waals surface area contributed by atoms with Gasteiger partial charge in [0.2, 0.25) is 5.88 Å². The molecule has 3 nitrogen and oxygen atoms in total. The predicted octanol–water partition coefficient (Wildman–Crippen LogP) is 1.51. The molecule has 1 heterocycles. The highest BCUT2D eigenvalue weighted by molar-refractivity contribution is 5.04. The van der Waals surface area contributed by atoms with E-state index in [1.165, 1.54) is 18.6 Å². The Morgan fingerprint density at radius 2 is 2.33 bits per heavy atom. The molecule has 0 aliphatic rings. The van der Waals surface area contributed by atoms with E-state index in [-0.39, 0.29) is 5.88 Å². The number of rotatable bonds is 3. The molecule has 0 N–H and O–H groups in total. The highest BCUT2D eigenvalue weighted by Crippen LogP contribution is 2.13. The van der Waals surface area contributed by atoms with E-state index in [0.717, 1.165) is 6.92 Å². The zero-order valence-corrected chi connectivity index (χ0v) is 6.50. The van der Waals surface area contributed by atoms with Crippen molar-refractivity contribution >= 4 is 0 Å². The van der Waals surface area contributed by atoms with Crippen LogP contribution in [0.5, 0.6) is 5.88 Å². The van der Waals surface area contributed by atoms with Gasteiger partial charge in [-0.1, -0.05) is 0 Å². The van der Waals surface area contributed by atoms with Gasteiger partial charge in [-0.3, -0.25) is 0 Å².